The molecule has 0 aliphatic carbocycles. The van der Waals surface area contributed by atoms with Gasteiger partial charge in [-0.05, 0) is 31.0 Å². The summed E-state index contributed by atoms with van der Waals surface area (Å²) >= 11 is 0. The SMILES string of the molecule is CCOCCCNC(=NC)NCc1ccc(OC)c(OC(F)F)c1.I. The third kappa shape index (κ3) is 9.63. The molecule has 0 heterocycles. The molecule has 0 radical (unpaired) electrons. The number of benzene rings is 1. The molecular weight excluding hydrogens is 447 g/mol. The highest BCUT2D eigenvalue weighted by atomic mass is 127. The molecular formula is C16H26F2IN3O3. The van der Waals surface area contributed by atoms with Crippen molar-refractivity contribution in [1.29, 1.82) is 0 Å². The molecule has 0 saturated carbocycles. The molecule has 0 atom stereocenters. The van der Waals surface area contributed by atoms with Crippen LogP contribution in [0.4, 0.5) is 8.78 Å². The van der Waals surface area contributed by atoms with Gasteiger partial charge in [0.05, 0.1) is 7.11 Å². The van der Waals surface area contributed by atoms with E-state index in [9.17, 15) is 8.78 Å². The molecule has 0 bridgehead atoms. The van der Waals surface area contributed by atoms with Gasteiger partial charge >= 0.3 is 6.61 Å². The number of methoxy groups -OCH3 is 1. The van der Waals surface area contributed by atoms with Crippen molar-refractivity contribution in [2.45, 2.75) is 26.5 Å². The van der Waals surface area contributed by atoms with Crippen LogP contribution < -0.4 is 20.1 Å². The Bertz CT molecular complexity index is 519. The molecule has 0 amide bonds. The van der Waals surface area contributed by atoms with Crippen molar-refractivity contribution in [3.05, 3.63) is 23.8 Å². The topological polar surface area (TPSA) is 64.1 Å². The fourth-order valence-electron chi connectivity index (χ4n) is 1.95. The molecule has 0 aliphatic heterocycles. The molecule has 1 aromatic rings. The highest BCUT2D eigenvalue weighted by molar-refractivity contribution is 14.0. The molecule has 0 saturated heterocycles. The van der Waals surface area contributed by atoms with Crippen LogP contribution in [0.15, 0.2) is 23.2 Å². The van der Waals surface area contributed by atoms with Crippen LogP contribution in [0.25, 0.3) is 0 Å². The van der Waals surface area contributed by atoms with E-state index in [1.54, 1.807) is 19.2 Å². The molecule has 25 heavy (non-hydrogen) atoms. The van der Waals surface area contributed by atoms with E-state index in [1.165, 1.54) is 13.2 Å². The van der Waals surface area contributed by atoms with Crippen molar-refractivity contribution in [2.24, 2.45) is 4.99 Å². The molecule has 1 aromatic carbocycles. The van der Waals surface area contributed by atoms with Crippen LogP contribution in [0.5, 0.6) is 11.5 Å². The Labute approximate surface area is 164 Å². The van der Waals surface area contributed by atoms with Gasteiger partial charge in [-0.15, -0.1) is 24.0 Å². The number of nitrogens with one attached hydrogen (secondary N) is 2. The minimum Gasteiger partial charge on any atom is -0.493 e. The maximum atomic E-state index is 12.4. The Morgan fingerprint density at radius 3 is 2.60 bits per heavy atom. The summed E-state index contributed by atoms with van der Waals surface area (Å²) in [4.78, 5) is 4.10. The van der Waals surface area contributed by atoms with Crippen LogP contribution in [0.3, 0.4) is 0 Å². The van der Waals surface area contributed by atoms with Crippen molar-refractivity contribution in [3.63, 3.8) is 0 Å². The Morgan fingerprint density at radius 2 is 2.00 bits per heavy atom. The predicted molar refractivity (Wildman–Crippen MR) is 104 cm³/mol. The normalized spacial score (nSPS) is 11.0. The Kier molecular flexibility index (Phi) is 13.1. The van der Waals surface area contributed by atoms with Crippen LogP contribution in [0.2, 0.25) is 0 Å². The molecule has 9 heteroatoms. The van der Waals surface area contributed by atoms with E-state index in [4.69, 9.17) is 9.47 Å². The van der Waals surface area contributed by atoms with Gasteiger partial charge in [0.25, 0.3) is 0 Å². The zero-order valence-corrected chi connectivity index (χ0v) is 17.0. The lowest BCUT2D eigenvalue weighted by atomic mass is 10.2. The number of rotatable bonds is 10. The van der Waals surface area contributed by atoms with E-state index in [2.05, 4.69) is 20.4 Å². The second kappa shape index (κ2) is 13.9. The number of hydrogen-bond donors (Lipinski definition) is 2. The second-order valence-corrected chi connectivity index (χ2v) is 4.77. The number of aliphatic imine (C=N–C) groups is 1. The minimum atomic E-state index is -2.90. The lowest BCUT2D eigenvalue weighted by molar-refractivity contribution is -0.0512. The van der Waals surface area contributed by atoms with Crippen LogP contribution in [0, 0.1) is 0 Å². The summed E-state index contributed by atoms with van der Waals surface area (Å²) in [6, 6.07) is 4.87. The second-order valence-electron chi connectivity index (χ2n) is 4.77. The van der Waals surface area contributed by atoms with Crippen molar-refractivity contribution < 1.29 is 23.0 Å². The molecule has 144 valence electrons. The van der Waals surface area contributed by atoms with Gasteiger partial charge < -0.3 is 24.8 Å². The molecule has 0 fully saturated rings. The number of hydrogen-bond acceptors (Lipinski definition) is 4. The van der Waals surface area contributed by atoms with Crippen molar-refractivity contribution in [3.8, 4) is 11.5 Å². The Hall–Kier alpha value is -1.36. The van der Waals surface area contributed by atoms with E-state index in [0.29, 0.717) is 25.7 Å². The number of guanidine groups is 1. The van der Waals surface area contributed by atoms with Gasteiger partial charge in [0, 0.05) is 33.4 Å². The molecule has 1 rings (SSSR count). The van der Waals surface area contributed by atoms with E-state index < -0.39 is 6.61 Å². The average Bonchev–Trinajstić information content (AvgIpc) is 2.57. The number of alkyl halides is 2. The molecule has 0 unspecified atom stereocenters. The van der Waals surface area contributed by atoms with Crippen LogP contribution >= 0.6 is 24.0 Å². The van der Waals surface area contributed by atoms with Crippen LogP contribution in [-0.2, 0) is 11.3 Å². The van der Waals surface area contributed by atoms with Crippen molar-refractivity contribution >= 4 is 29.9 Å². The molecule has 0 spiro atoms. The van der Waals surface area contributed by atoms with Crippen LogP contribution in [0.1, 0.15) is 18.9 Å². The van der Waals surface area contributed by atoms with E-state index >= 15 is 0 Å². The predicted octanol–water partition coefficient (Wildman–Crippen LogP) is 3.01. The van der Waals surface area contributed by atoms with Gasteiger partial charge in [-0.25, -0.2) is 0 Å². The van der Waals surface area contributed by atoms with Gasteiger partial charge in [-0.2, -0.15) is 8.78 Å². The Balaban J connectivity index is 0.00000576. The summed E-state index contributed by atoms with van der Waals surface area (Å²) in [5.74, 6) is 0.891. The number of nitrogens with zero attached hydrogens (tertiary/aromatic N) is 1. The largest absolute Gasteiger partial charge is 0.493 e. The van der Waals surface area contributed by atoms with Gasteiger partial charge in [0.2, 0.25) is 0 Å². The zero-order valence-electron chi connectivity index (χ0n) is 14.7. The van der Waals surface area contributed by atoms with Gasteiger partial charge in [-0.1, -0.05) is 6.07 Å². The van der Waals surface area contributed by atoms with E-state index in [-0.39, 0.29) is 35.5 Å². The smallest absolute Gasteiger partial charge is 0.387 e. The first kappa shape index (κ1) is 23.6. The molecule has 2 N–H and O–H groups in total. The third-order valence-corrected chi connectivity index (χ3v) is 3.09. The van der Waals surface area contributed by atoms with Crippen LogP contribution in [-0.4, -0.2) is 46.5 Å². The number of halogens is 3. The summed E-state index contributed by atoms with van der Waals surface area (Å²) in [5, 5.41) is 6.26. The van der Waals surface area contributed by atoms with Gasteiger partial charge in [-0.3, -0.25) is 4.99 Å². The summed E-state index contributed by atoms with van der Waals surface area (Å²) in [7, 11) is 3.07. The van der Waals surface area contributed by atoms with E-state index in [0.717, 1.165) is 18.5 Å². The summed E-state index contributed by atoms with van der Waals surface area (Å²) in [6.45, 7) is 1.58. The highest BCUT2D eigenvalue weighted by Gasteiger charge is 2.11. The maximum Gasteiger partial charge on any atom is 0.387 e. The average molecular weight is 473 g/mol. The first-order valence-electron chi connectivity index (χ1n) is 7.74. The van der Waals surface area contributed by atoms with Gasteiger partial charge in [0.15, 0.2) is 17.5 Å². The highest BCUT2D eigenvalue weighted by Crippen LogP contribution is 2.29. The fraction of sp³-hybridized carbons (Fsp3) is 0.562. The standard InChI is InChI=1S/C16H25F2N3O3.HI/c1-4-23-9-5-8-20-16(19-2)21-11-12-6-7-13(22-3)14(10-12)24-15(17)18;/h6-7,10,15H,4-5,8-9,11H2,1-3H3,(H2,19,20,21);1H. The molecule has 0 aliphatic rings. The van der Waals surface area contributed by atoms with Gasteiger partial charge in [0.1, 0.15) is 0 Å². The molecule has 6 nitrogen and oxygen atoms in total. The van der Waals surface area contributed by atoms with E-state index in [1.807, 2.05) is 6.92 Å². The lowest BCUT2D eigenvalue weighted by Crippen LogP contribution is -2.37. The summed E-state index contributed by atoms with van der Waals surface area (Å²) in [6.07, 6.45) is 0.865. The lowest BCUT2D eigenvalue weighted by Gasteiger charge is -2.14. The quantitative estimate of drug-likeness (QED) is 0.237. The monoisotopic (exact) mass is 473 g/mol. The summed E-state index contributed by atoms with van der Waals surface area (Å²) in [5.41, 5.74) is 0.767. The molecule has 0 aromatic heterocycles. The zero-order chi connectivity index (χ0) is 17.8. The van der Waals surface area contributed by atoms with Crippen molar-refractivity contribution in [1.82, 2.24) is 10.6 Å². The third-order valence-electron chi connectivity index (χ3n) is 3.09. The maximum absolute atomic E-state index is 12.4. The first-order chi connectivity index (χ1) is 11.6. The Morgan fingerprint density at radius 1 is 1.24 bits per heavy atom. The van der Waals surface area contributed by atoms with Crippen molar-refractivity contribution in [2.75, 3.05) is 33.9 Å². The minimum absolute atomic E-state index is 0. The fourth-order valence-corrected chi connectivity index (χ4v) is 1.95. The number of ether oxygens (including phenoxy) is 3. The first-order valence-corrected chi connectivity index (χ1v) is 7.74. The summed E-state index contributed by atoms with van der Waals surface area (Å²) < 4.78 is 39.6.